The van der Waals surface area contributed by atoms with Gasteiger partial charge in [-0.3, -0.25) is 9.10 Å². The summed E-state index contributed by atoms with van der Waals surface area (Å²) in [6.07, 6.45) is 1.48. The van der Waals surface area contributed by atoms with Crippen LogP contribution in [0.1, 0.15) is 50.8 Å². The van der Waals surface area contributed by atoms with Gasteiger partial charge in [-0.25, -0.2) is 8.42 Å². The van der Waals surface area contributed by atoms with Crippen molar-refractivity contribution in [2.75, 3.05) is 23.7 Å². The Labute approximate surface area is 193 Å². The summed E-state index contributed by atoms with van der Waals surface area (Å²) in [6.45, 7) is 12.6. The number of hydrogen-bond donors (Lipinski definition) is 1. The molecule has 0 aromatic heterocycles. The van der Waals surface area contributed by atoms with E-state index in [1.807, 2.05) is 50.2 Å². The van der Waals surface area contributed by atoms with Gasteiger partial charge in [0.05, 0.1) is 18.5 Å². The molecule has 0 bridgehead atoms. The van der Waals surface area contributed by atoms with Crippen LogP contribution in [0.15, 0.2) is 42.5 Å². The van der Waals surface area contributed by atoms with E-state index in [2.05, 4.69) is 26.1 Å². The largest absolute Gasteiger partial charge is 0.492 e. The number of rotatable bonds is 9. The van der Waals surface area contributed by atoms with Crippen molar-refractivity contribution >= 4 is 21.6 Å². The highest BCUT2D eigenvalue weighted by Crippen LogP contribution is 2.27. The van der Waals surface area contributed by atoms with Crippen molar-refractivity contribution in [3.05, 3.63) is 59.2 Å². The first-order valence-electron chi connectivity index (χ1n) is 10.9. The average Bonchev–Trinajstić information content (AvgIpc) is 2.70. The number of hydrogen-bond acceptors (Lipinski definition) is 4. The van der Waals surface area contributed by atoms with Gasteiger partial charge in [0.25, 0.3) is 0 Å². The Balaban J connectivity index is 2.05. The predicted octanol–water partition coefficient (Wildman–Crippen LogP) is 4.34. The molecule has 0 aliphatic heterocycles. The Kier molecular flexibility index (Phi) is 8.35. The van der Waals surface area contributed by atoms with Crippen LogP contribution in [0.5, 0.6) is 5.75 Å². The van der Waals surface area contributed by atoms with Gasteiger partial charge in [0, 0.05) is 0 Å². The number of nitrogens with zero attached hydrogens (tertiary/aromatic N) is 1. The molecule has 2 aromatic rings. The second kappa shape index (κ2) is 10.4. The van der Waals surface area contributed by atoms with Crippen LogP contribution in [0, 0.1) is 13.8 Å². The van der Waals surface area contributed by atoms with Crippen LogP contribution in [0.3, 0.4) is 0 Å². The zero-order valence-electron chi connectivity index (χ0n) is 20.2. The standard InChI is InChI=1S/C25H36N2O4S/c1-8-22(27(32(7,29)30)23-17-18(2)9-10-19(23)3)24(28)26-15-16-31-21-13-11-20(12-14-21)25(4,5)6/h9-14,17,22H,8,15-16H2,1-7H3,(H,26,28)/t22-/m0/s1. The Morgan fingerprint density at radius 1 is 1.09 bits per heavy atom. The first-order valence-corrected chi connectivity index (χ1v) is 12.8. The first-order chi connectivity index (χ1) is 14.8. The van der Waals surface area contributed by atoms with Crippen molar-refractivity contribution in [3.63, 3.8) is 0 Å². The molecule has 0 heterocycles. The monoisotopic (exact) mass is 460 g/mol. The Hall–Kier alpha value is -2.54. The number of carbonyl (C=O) groups is 1. The summed E-state index contributed by atoms with van der Waals surface area (Å²) >= 11 is 0. The molecule has 0 saturated heterocycles. The van der Waals surface area contributed by atoms with Gasteiger partial charge in [0.15, 0.2) is 0 Å². The first kappa shape index (κ1) is 25.7. The molecule has 1 amide bonds. The highest BCUT2D eigenvalue weighted by molar-refractivity contribution is 7.92. The molecule has 32 heavy (non-hydrogen) atoms. The summed E-state index contributed by atoms with van der Waals surface area (Å²) in [4.78, 5) is 12.9. The van der Waals surface area contributed by atoms with E-state index >= 15 is 0 Å². The van der Waals surface area contributed by atoms with Crippen LogP contribution in [-0.2, 0) is 20.2 Å². The molecule has 176 valence electrons. The molecular weight excluding hydrogens is 424 g/mol. The molecular formula is C25H36N2O4S. The summed E-state index contributed by atoms with van der Waals surface area (Å²) in [5.74, 6) is 0.387. The molecule has 0 radical (unpaired) electrons. The molecule has 0 saturated carbocycles. The summed E-state index contributed by atoms with van der Waals surface area (Å²) in [6, 6.07) is 12.7. The summed E-state index contributed by atoms with van der Waals surface area (Å²) in [7, 11) is -3.66. The van der Waals surface area contributed by atoms with Crippen LogP contribution in [0.25, 0.3) is 0 Å². The van der Waals surface area contributed by atoms with E-state index < -0.39 is 16.1 Å². The van der Waals surface area contributed by atoms with Gasteiger partial charge in [0.1, 0.15) is 18.4 Å². The second-order valence-corrected chi connectivity index (χ2v) is 11.0. The minimum absolute atomic E-state index is 0.0722. The lowest BCUT2D eigenvalue weighted by Gasteiger charge is -2.31. The van der Waals surface area contributed by atoms with E-state index in [1.54, 1.807) is 13.0 Å². The number of nitrogens with one attached hydrogen (secondary N) is 1. The number of aryl methyl sites for hydroxylation is 2. The normalized spacial score (nSPS) is 12.8. The molecule has 7 heteroatoms. The molecule has 0 unspecified atom stereocenters. The van der Waals surface area contributed by atoms with Gasteiger partial charge in [-0.1, -0.05) is 52.0 Å². The summed E-state index contributed by atoms with van der Waals surface area (Å²) in [5.41, 5.74) is 3.55. The minimum atomic E-state index is -3.66. The fraction of sp³-hybridized carbons (Fsp3) is 0.480. The highest BCUT2D eigenvalue weighted by Gasteiger charge is 2.32. The van der Waals surface area contributed by atoms with E-state index in [1.165, 1.54) is 9.87 Å². The lowest BCUT2D eigenvalue weighted by Crippen LogP contribution is -2.50. The van der Waals surface area contributed by atoms with Crippen LogP contribution >= 0.6 is 0 Å². The molecule has 2 aromatic carbocycles. The van der Waals surface area contributed by atoms with E-state index in [0.717, 1.165) is 23.1 Å². The lowest BCUT2D eigenvalue weighted by atomic mass is 9.87. The predicted molar refractivity (Wildman–Crippen MR) is 131 cm³/mol. The molecule has 0 aliphatic carbocycles. The third-order valence-electron chi connectivity index (χ3n) is 5.32. The maximum absolute atomic E-state index is 12.9. The van der Waals surface area contributed by atoms with Gasteiger partial charge in [-0.2, -0.15) is 0 Å². The summed E-state index contributed by atoms with van der Waals surface area (Å²) in [5, 5.41) is 2.83. The second-order valence-electron chi connectivity index (χ2n) is 9.19. The number of ether oxygens (including phenoxy) is 1. The van der Waals surface area contributed by atoms with E-state index in [0.29, 0.717) is 18.7 Å². The molecule has 0 spiro atoms. The van der Waals surface area contributed by atoms with Gasteiger partial charge >= 0.3 is 0 Å². The van der Waals surface area contributed by atoms with E-state index in [4.69, 9.17) is 4.74 Å². The fourth-order valence-electron chi connectivity index (χ4n) is 3.50. The van der Waals surface area contributed by atoms with Crippen molar-refractivity contribution in [1.82, 2.24) is 5.32 Å². The zero-order valence-corrected chi connectivity index (χ0v) is 21.0. The van der Waals surface area contributed by atoms with Crippen molar-refractivity contribution < 1.29 is 17.9 Å². The number of carbonyl (C=O) groups excluding carboxylic acids is 1. The minimum Gasteiger partial charge on any atom is -0.492 e. The van der Waals surface area contributed by atoms with Crippen molar-refractivity contribution in [3.8, 4) is 5.75 Å². The third kappa shape index (κ3) is 6.73. The topological polar surface area (TPSA) is 75.7 Å². The Morgan fingerprint density at radius 2 is 1.72 bits per heavy atom. The van der Waals surface area contributed by atoms with E-state index in [-0.39, 0.29) is 17.9 Å². The quantitative estimate of drug-likeness (QED) is 0.565. The Morgan fingerprint density at radius 3 is 2.25 bits per heavy atom. The van der Waals surface area contributed by atoms with Crippen LogP contribution in [-0.4, -0.2) is 39.8 Å². The van der Waals surface area contributed by atoms with Gasteiger partial charge in [-0.15, -0.1) is 0 Å². The van der Waals surface area contributed by atoms with Gasteiger partial charge in [-0.05, 0) is 60.6 Å². The smallest absolute Gasteiger partial charge is 0.244 e. The molecule has 2 rings (SSSR count). The molecule has 1 atom stereocenters. The number of amides is 1. The Bertz CT molecular complexity index is 1020. The average molecular weight is 461 g/mol. The van der Waals surface area contributed by atoms with Crippen molar-refractivity contribution in [2.45, 2.75) is 59.4 Å². The van der Waals surface area contributed by atoms with Gasteiger partial charge in [0.2, 0.25) is 15.9 Å². The van der Waals surface area contributed by atoms with Crippen LogP contribution in [0.2, 0.25) is 0 Å². The highest BCUT2D eigenvalue weighted by atomic mass is 32.2. The summed E-state index contributed by atoms with van der Waals surface area (Å²) < 4.78 is 32.2. The molecule has 6 nitrogen and oxygen atoms in total. The van der Waals surface area contributed by atoms with Crippen LogP contribution < -0.4 is 14.4 Å². The maximum atomic E-state index is 12.9. The maximum Gasteiger partial charge on any atom is 0.244 e. The molecule has 1 N–H and O–H groups in total. The fourth-order valence-corrected chi connectivity index (χ4v) is 4.77. The third-order valence-corrected chi connectivity index (χ3v) is 6.49. The van der Waals surface area contributed by atoms with Crippen LogP contribution in [0.4, 0.5) is 5.69 Å². The SMILES string of the molecule is CC[C@@H](C(=O)NCCOc1ccc(C(C)(C)C)cc1)N(c1cc(C)ccc1C)S(C)(=O)=O. The number of sulfonamides is 1. The van der Waals surface area contributed by atoms with Crippen molar-refractivity contribution in [1.29, 1.82) is 0 Å². The number of benzene rings is 2. The number of anilines is 1. The zero-order chi connectivity index (χ0) is 24.1. The molecule has 0 aliphatic rings. The molecule has 0 fully saturated rings. The lowest BCUT2D eigenvalue weighted by molar-refractivity contribution is -0.122. The van der Waals surface area contributed by atoms with Gasteiger partial charge < -0.3 is 10.1 Å². The van der Waals surface area contributed by atoms with Crippen molar-refractivity contribution in [2.24, 2.45) is 0 Å². The van der Waals surface area contributed by atoms with E-state index in [9.17, 15) is 13.2 Å².